The van der Waals surface area contributed by atoms with Crippen molar-refractivity contribution in [1.29, 1.82) is 0 Å². The van der Waals surface area contributed by atoms with Crippen LogP contribution in [0.4, 0.5) is 11.4 Å². The van der Waals surface area contributed by atoms with Crippen LogP contribution in [0.3, 0.4) is 0 Å². The summed E-state index contributed by atoms with van der Waals surface area (Å²) in [5, 5.41) is 1.15. The van der Waals surface area contributed by atoms with E-state index in [1.165, 1.54) is 16.8 Å². The van der Waals surface area contributed by atoms with Gasteiger partial charge in [0.1, 0.15) is 5.71 Å². The lowest BCUT2D eigenvalue weighted by Gasteiger charge is -2.22. The fourth-order valence-electron chi connectivity index (χ4n) is 4.31. The van der Waals surface area contributed by atoms with Crippen LogP contribution in [-0.2, 0) is 18.3 Å². The number of aryl methyl sites for hydroxylation is 1. The van der Waals surface area contributed by atoms with E-state index in [0.29, 0.717) is 17.8 Å². The van der Waals surface area contributed by atoms with Gasteiger partial charge in [-0.15, -0.1) is 6.58 Å². The van der Waals surface area contributed by atoms with Crippen LogP contribution in [0, 0.1) is 0 Å². The molecule has 1 amide bonds. The first-order valence-corrected chi connectivity index (χ1v) is 13.2. The quantitative estimate of drug-likeness (QED) is 0.184. The largest absolute Gasteiger partial charge is 0.347 e. The number of nitrogens with zero attached hydrogens (tertiary/aromatic N) is 3. The first-order valence-electron chi connectivity index (χ1n) is 13.2. The fourth-order valence-corrected chi connectivity index (χ4v) is 4.31. The Kier molecular flexibility index (Phi) is 11.6. The van der Waals surface area contributed by atoms with Crippen molar-refractivity contribution in [2.24, 2.45) is 12.0 Å². The molecule has 0 aliphatic heterocycles. The molecule has 0 spiro atoms. The number of amides is 1. The van der Waals surface area contributed by atoms with E-state index < -0.39 is 0 Å². The Morgan fingerprint density at radius 3 is 2.43 bits per heavy atom. The summed E-state index contributed by atoms with van der Waals surface area (Å²) in [5.74, 6) is -0.238. The fraction of sp³-hybridized carbons (Fsp3) is 0.273. The van der Waals surface area contributed by atoms with Crippen LogP contribution >= 0.6 is 0 Å². The summed E-state index contributed by atoms with van der Waals surface area (Å²) in [7, 11) is 2.12. The number of carbonyl (C=O) groups excluding carboxylic acids is 1. The summed E-state index contributed by atoms with van der Waals surface area (Å²) in [6.07, 6.45) is 11.0. The molecule has 1 heterocycles. The predicted octanol–water partition coefficient (Wildman–Crippen LogP) is 8.61. The number of hydrogen-bond donors (Lipinski definition) is 0. The Balaban J connectivity index is 0.00000115. The molecule has 4 rings (SSSR count). The SMILES string of the molecule is C=CCN(C(=O)C(=Nc1ccc2c(c1)c1c(n2C)CCCC=C1)C(=C)C=C)c1ccccc1.CC.CC. The van der Waals surface area contributed by atoms with E-state index in [9.17, 15) is 4.79 Å². The van der Waals surface area contributed by atoms with Gasteiger partial charge in [-0.1, -0.05) is 83.4 Å². The molecule has 0 saturated carbocycles. The third-order valence-corrected chi connectivity index (χ3v) is 6.04. The minimum Gasteiger partial charge on any atom is -0.347 e. The second-order valence-electron chi connectivity index (χ2n) is 8.15. The number of carbonyl (C=O) groups is 1. The zero-order chi connectivity index (χ0) is 27.4. The molecule has 0 N–H and O–H groups in total. The van der Waals surface area contributed by atoms with Crippen molar-refractivity contribution < 1.29 is 4.79 Å². The monoisotopic (exact) mass is 495 g/mol. The number of para-hydroxylation sites is 1. The Labute approximate surface area is 223 Å². The molecule has 1 aliphatic rings. The minimum atomic E-state index is -0.238. The highest BCUT2D eigenvalue weighted by atomic mass is 16.2. The third kappa shape index (κ3) is 6.65. The van der Waals surface area contributed by atoms with E-state index in [2.05, 4.69) is 55.6 Å². The first-order chi connectivity index (χ1) is 18.0. The lowest BCUT2D eigenvalue weighted by Crippen LogP contribution is -2.37. The summed E-state index contributed by atoms with van der Waals surface area (Å²) in [6.45, 7) is 20.0. The molecular formula is C33H41N3O. The van der Waals surface area contributed by atoms with Crippen molar-refractivity contribution in [2.75, 3.05) is 11.4 Å². The number of allylic oxidation sites excluding steroid dienone is 2. The van der Waals surface area contributed by atoms with Gasteiger partial charge in [-0.3, -0.25) is 4.79 Å². The molecule has 0 fully saturated rings. The third-order valence-electron chi connectivity index (χ3n) is 6.04. The summed E-state index contributed by atoms with van der Waals surface area (Å²) < 4.78 is 2.27. The second kappa shape index (κ2) is 14.6. The van der Waals surface area contributed by atoms with E-state index in [0.717, 1.165) is 30.3 Å². The second-order valence-corrected chi connectivity index (χ2v) is 8.15. The molecular weight excluding hydrogens is 454 g/mol. The average Bonchev–Trinajstić information content (AvgIpc) is 3.10. The Morgan fingerprint density at radius 1 is 1.08 bits per heavy atom. The highest BCUT2D eigenvalue weighted by Crippen LogP contribution is 2.33. The highest BCUT2D eigenvalue weighted by molar-refractivity contribution is 6.50. The molecule has 0 bridgehead atoms. The number of benzene rings is 2. The topological polar surface area (TPSA) is 37.6 Å². The van der Waals surface area contributed by atoms with E-state index in [4.69, 9.17) is 4.99 Å². The smallest absolute Gasteiger partial charge is 0.277 e. The summed E-state index contributed by atoms with van der Waals surface area (Å²) in [5.41, 5.74) is 6.00. The number of fused-ring (bicyclic) bond motifs is 3. The Morgan fingerprint density at radius 2 is 1.78 bits per heavy atom. The van der Waals surface area contributed by atoms with Crippen LogP contribution in [-0.4, -0.2) is 22.7 Å². The van der Waals surface area contributed by atoms with E-state index in [-0.39, 0.29) is 11.6 Å². The van der Waals surface area contributed by atoms with Crippen molar-refractivity contribution in [3.8, 4) is 0 Å². The number of hydrogen-bond acceptors (Lipinski definition) is 2. The number of anilines is 1. The van der Waals surface area contributed by atoms with Gasteiger partial charge in [-0.05, 0) is 55.2 Å². The summed E-state index contributed by atoms with van der Waals surface area (Å²) in [4.78, 5) is 20.0. The molecule has 1 aliphatic carbocycles. The maximum atomic E-state index is 13.6. The Hall–Kier alpha value is -3.92. The van der Waals surface area contributed by atoms with Crippen LogP contribution in [0.5, 0.6) is 0 Å². The van der Waals surface area contributed by atoms with Crippen LogP contribution in [0.1, 0.15) is 51.8 Å². The summed E-state index contributed by atoms with van der Waals surface area (Å²) >= 11 is 0. The molecule has 2 aromatic carbocycles. The van der Waals surface area contributed by atoms with E-state index >= 15 is 0 Å². The molecule has 0 unspecified atom stereocenters. The first kappa shape index (κ1) is 29.3. The van der Waals surface area contributed by atoms with Crippen LogP contribution in [0.15, 0.2) is 97.1 Å². The molecule has 0 saturated heterocycles. The predicted molar refractivity (Wildman–Crippen MR) is 163 cm³/mol. The van der Waals surface area contributed by atoms with Gasteiger partial charge in [0, 0.05) is 41.4 Å². The number of aliphatic imine (C=N–C) groups is 1. The number of aromatic nitrogens is 1. The Bertz CT molecular complexity index is 1290. The van der Waals surface area contributed by atoms with Gasteiger partial charge < -0.3 is 9.47 Å². The van der Waals surface area contributed by atoms with Crippen molar-refractivity contribution in [3.05, 3.63) is 103 Å². The van der Waals surface area contributed by atoms with Gasteiger partial charge in [-0.2, -0.15) is 0 Å². The van der Waals surface area contributed by atoms with Gasteiger partial charge in [0.15, 0.2) is 0 Å². The molecule has 4 nitrogen and oxygen atoms in total. The van der Waals surface area contributed by atoms with Crippen LogP contribution < -0.4 is 4.90 Å². The standard InChI is InChI=1S/C29H29N3O.2C2H6/c1-5-19-32(23-13-9-7-10-14-23)29(33)28(21(3)6-2)30-22-17-18-27-25(20-22)24-15-11-8-12-16-26(24)31(27)4;2*1-2/h5-7,9-11,13-15,17-18,20H,1-3,8,12,16,19H2,4H3;2*1-2H3. The van der Waals surface area contributed by atoms with Gasteiger partial charge in [-0.25, -0.2) is 4.99 Å². The van der Waals surface area contributed by atoms with Gasteiger partial charge in [0.2, 0.25) is 0 Å². The summed E-state index contributed by atoms with van der Waals surface area (Å²) in [6, 6.07) is 15.6. The lowest BCUT2D eigenvalue weighted by atomic mass is 10.1. The lowest BCUT2D eigenvalue weighted by molar-refractivity contribution is -0.112. The van der Waals surface area contributed by atoms with Gasteiger partial charge in [0.25, 0.3) is 5.91 Å². The normalized spacial score (nSPS) is 12.2. The minimum absolute atomic E-state index is 0.238. The zero-order valence-electron chi connectivity index (χ0n) is 23.1. The van der Waals surface area contributed by atoms with E-state index in [1.807, 2.05) is 64.1 Å². The highest BCUT2D eigenvalue weighted by Gasteiger charge is 2.22. The molecule has 0 atom stereocenters. The molecule has 194 valence electrons. The van der Waals surface area contributed by atoms with Crippen molar-refractivity contribution in [1.82, 2.24) is 4.57 Å². The molecule has 1 aromatic heterocycles. The van der Waals surface area contributed by atoms with Crippen molar-refractivity contribution in [2.45, 2.75) is 47.0 Å². The van der Waals surface area contributed by atoms with Gasteiger partial charge in [0.05, 0.1) is 5.69 Å². The van der Waals surface area contributed by atoms with E-state index in [1.54, 1.807) is 17.1 Å². The van der Waals surface area contributed by atoms with Crippen LogP contribution in [0.2, 0.25) is 0 Å². The maximum Gasteiger partial charge on any atom is 0.277 e. The number of rotatable bonds is 7. The average molecular weight is 496 g/mol. The maximum absolute atomic E-state index is 13.6. The van der Waals surface area contributed by atoms with Crippen LogP contribution in [0.25, 0.3) is 17.0 Å². The van der Waals surface area contributed by atoms with Gasteiger partial charge >= 0.3 is 0 Å². The van der Waals surface area contributed by atoms with Crippen molar-refractivity contribution >= 4 is 40.0 Å². The molecule has 4 heteroatoms. The van der Waals surface area contributed by atoms with Crippen molar-refractivity contribution in [3.63, 3.8) is 0 Å². The molecule has 37 heavy (non-hydrogen) atoms. The molecule has 0 radical (unpaired) electrons. The zero-order valence-corrected chi connectivity index (χ0v) is 23.1. The molecule has 3 aromatic rings.